The van der Waals surface area contributed by atoms with Crippen LogP contribution in [0, 0.1) is 0 Å². The highest BCUT2D eigenvalue weighted by molar-refractivity contribution is 7.99. The number of thioether (sulfide) groups is 1. The monoisotopic (exact) mass is 467 g/mol. The smallest absolute Gasteiger partial charge is 0.307 e. The van der Waals surface area contributed by atoms with E-state index in [2.05, 4.69) is 37.6 Å². The normalized spacial score (nSPS) is 11.1. The summed E-state index contributed by atoms with van der Waals surface area (Å²) in [4.78, 5) is 25.8. The molecule has 0 atom stereocenters. The number of anilines is 1. The van der Waals surface area contributed by atoms with E-state index in [1.54, 1.807) is 35.9 Å². The fourth-order valence-electron chi connectivity index (χ4n) is 3.16. The fourth-order valence-corrected chi connectivity index (χ4v) is 3.73. The molecule has 0 saturated carbocycles. The van der Waals surface area contributed by atoms with Gasteiger partial charge in [-0.1, -0.05) is 49.0 Å². The van der Waals surface area contributed by atoms with Gasteiger partial charge in [0.05, 0.1) is 30.9 Å². The summed E-state index contributed by atoms with van der Waals surface area (Å²) in [6.45, 7) is 4.02. The van der Waals surface area contributed by atoms with Crippen LogP contribution < -0.4 is 10.6 Å². The van der Waals surface area contributed by atoms with Crippen molar-refractivity contribution in [3.63, 3.8) is 0 Å². The van der Waals surface area contributed by atoms with Crippen molar-refractivity contribution in [2.24, 2.45) is 0 Å². The molecule has 0 bridgehead atoms. The standard InChI is InChI=1S/C22H25N7O3S/c1-3-33-22-27-18(23-10-12-31-2)16-13-26-29(19(16)28-22)11-9-24-20(30)21-25-14-17(32-21)15-7-5-4-6-8-15/h4-8,13-14H,3,9-12H2,1-2H3,(H,24,30)(H,23,27,28). The largest absolute Gasteiger partial charge is 0.432 e. The quantitative estimate of drug-likeness (QED) is 0.195. The summed E-state index contributed by atoms with van der Waals surface area (Å²) in [6.07, 6.45) is 3.28. The van der Waals surface area contributed by atoms with Gasteiger partial charge in [0.1, 0.15) is 5.82 Å². The number of carbonyl (C=O) groups is 1. The Balaban J connectivity index is 1.42. The average molecular weight is 468 g/mol. The first-order chi connectivity index (χ1) is 16.2. The first-order valence-electron chi connectivity index (χ1n) is 10.6. The van der Waals surface area contributed by atoms with Crippen molar-refractivity contribution in [2.75, 3.05) is 37.9 Å². The lowest BCUT2D eigenvalue weighted by molar-refractivity contribution is 0.0918. The first-order valence-corrected chi connectivity index (χ1v) is 11.6. The number of oxazole rings is 1. The zero-order valence-corrected chi connectivity index (χ0v) is 19.3. The Labute approximate surface area is 195 Å². The maximum Gasteiger partial charge on any atom is 0.307 e. The van der Waals surface area contributed by atoms with Crippen LogP contribution in [0.15, 0.2) is 52.3 Å². The number of nitrogens with one attached hydrogen (secondary N) is 2. The van der Waals surface area contributed by atoms with Gasteiger partial charge >= 0.3 is 5.91 Å². The summed E-state index contributed by atoms with van der Waals surface area (Å²) >= 11 is 1.56. The van der Waals surface area contributed by atoms with E-state index in [9.17, 15) is 4.79 Å². The summed E-state index contributed by atoms with van der Waals surface area (Å²) in [7, 11) is 1.66. The van der Waals surface area contributed by atoms with Crippen molar-refractivity contribution in [1.82, 2.24) is 30.0 Å². The molecule has 0 radical (unpaired) electrons. The molecule has 33 heavy (non-hydrogen) atoms. The molecule has 0 unspecified atom stereocenters. The number of aromatic nitrogens is 5. The highest BCUT2D eigenvalue weighted by atomic mass is 32.2. The minimum Gasteiger partial charge on any atom is -0.432 e. The lowest BCUT2D eigenvalue weighted by Crippen LogP contribution is -2.27. The maximum absolute atomic E-state index is 12.5. The average Bonchev–Trinajstić information content (AvgIpc) is 3.48. The molecular formula is C22H25N7O3S. The van der Waals surface area contributed by atoms with E-state index < -0.39 is 0 Å². The molecule has 0 spiro atoms. The molecule has 3 heterocycles. The number of rotatable bonds is 11. The number of hydrogen-bond acceptors (Lipinski definition) is 9. The summed E-state index contributed by atoms with van der Waals surface area (Å²) < 4.78 is 12.5. The first kappa shape index (κ1) is 22.7. The molecular weight excluding hydrogens is 442 g/mol. The molecule has 1 aromatic carbocycles. The van der Waals surface area contributed by atoms with Crippen LogP contribution in [0.25, 0.3) is 22.4 Å². The van der Waals surface area contributed by atoms with Gasteiger partial charge in [0.25, 0.3) is 5.89 Å². The highest BCUT2D eigenvalue weighted by Gasteiger charge is 2.16. The zero-order valence-electron chi connectivity index (χ0n) is 18.4. The van der Waals surface area contributed by atoms with Crippen molar-refractivity contribution in [3.8, 4) is 11.3 Å². The number of methoxy groups -OCH3 is 1. The Morgan fingerprint density at radius 1 is 1.18 bits per heavy atom. The Hall–Kier alpha value is -3.44. The topological polar surface area (TPSA) is 120 Å². The minimum absolute atomic E-state index is 0.0211. The molecule has 0 aliphatic carbocycles. The summed E-state index contributed by atoms with van der Waals surface area (Å²) in [5.74, 6) is 1.76. The third-order valence-corrected chi connectivity index (χ3v) is 5.44. The predicted octanol–water partition coefficient (Wildman–Crippen LogP) is 3.08. The van der Waals surface area contributed by atoms with Crippen LogP contribution in [-0.2, 0) is 11.3 Å². The van der Waals surface area contributed by atoms with E-state index in [4.69, 9.17) is 9.15 Å². The van der Waals surface area contributed by atoms with Gasteiger partial charge in [-0.15, -0.1) is 0 Å². The number of hydrogen-bond donors (Lipinski definition) is 2. The molecule has 0 aliphatic heterocycles. The second-order valence-electron chi connectivity index (χ2n) is 6.96. The lowest BCUT2D eigenvalue weighted by Gasteiger charge is -2.09. The van der Waals surface area contributed by atoms with Crippen LogP contribution in [0.5, 0.6) is 0 Å². The summed E-state index contributed by atoms with van der Waals surface area (Å²) in [5, 5.41) is 12.0. The molecule has 4 rings (SSSR count). The molecule has 0 saturated heterocycles. The fraction of sp³-hybridized carbons (Fsp3) is 0.318. The molecule has 10 nitrogen and oxygen atoms in total. The van der Waals surface area contributed by atoms with E-state index in [1.807, 2.05) is 30.3 Å². The SMILES string of the molecule is CCSc1nc(NCCOC)c2cnn(CCNC(=O)c3ncc(-c4ccccc4)o3)c2n1. The maximum atomic E-state index is 12.5. The second kappa shape index (κ2) is 10.9. The van der Waals surface area contributed by atoms with Crippen LogP contribution in [-0.4, -0.2) is 63.2 Å². The molecule has 3 aromatic heterocycles. The Morgan fingerprint density at radius 2 is 2.03 bits per heavy atom. The van der Waals surface area contributed by atoms with E-state index in [0.717, 1.165) is 22.5 Å². The third-order valence-electron chi connectivity index (χ3n) is 4.72. The van der Waals surface area contributed by atoms with Gasteiger partial charge in [0.15, 0.2) is 16.6 Å². The van der Waals surface area contributed by atoms with Crippen LogP contribution in [0.3, 0.4) is 0 Å². The molecule has 2 N–H and O–H groups in total. The van der Waals surface area contributed by atoms with Gasteiger partial charge in [-0.25, -0.2) is 19.6 Å². The highest BCUT2D eigenvalue weighted by Crippen LogP contribution is 2.24. The number of amides is 1. The van der Waals surface area contributed by atoms with Crippen molar-refractivity contribution in [3.05, 3.63) is 48.6 Å². The number of carbonyl (C=O) groups excluding carboxylic acids is 1. The van der Waals surface area contributed by atoms with Crippen molar-refractivity contribution in [2.45, 2.75) is 18.6 Å². The number of benzene rings is 1. The third kappa shape index (κ3) is 5.49. The summed E-state index contributed by atoms with van der Waals surface area (Å²) in [5.41, 5.74) is 1.57. The van der Waals surface area contributed by atoms with Crippen LogP contribution in [0.1, 0.15) is 17.6 Å². The number of nitrogens with zero attached hydrogens (tertiary/aromatic N) is 5. The van der Waals surface area contributed by atoms with Gasteiger partial charge < -0.3 is 19.8 Å². The number of ether oxygens (including phenoxy) is 1. The lowest BCUT2D eigenvalue weighted by atomic mass is 10.2. The molecule has 172 valence electrons. The van der Waals surface area contributed by atoms with E-state index in [-0.39, 0.29) is 11.8 Å². The Bertz CT molecular complexity index is 1210. The van der Waals surface area contributed by atoms with E-state index in [0.29, 0.717) is 42.8 Å². The molecule has 11 heteroatoms. The minimum atomic E-state index is -0.382. The molecule has 4 aromatic rings. The summed E-state index contributed by atoms with van der Waals surface area (Å²) in [6, 6.07) is 9.52. The van der Waals surface area contributed by atoms with Crippen molar-refractivity contribution in [1.29, 1.82) is 0 Å². The number of fused-ring (bicyclic) bond motifs is 1. The molecule has 0 fully saturated rings. The van der Waals surface area contributed by atoms with Crippen LogP contribution in [0.4, 0.5) is 5.82 Å². The van der Waals surface area contributed by atoms with Gasteiger partial charge in [-0.2, -0.15) is 5.10 Å². The zero-order chi connectivity index (χ0) is 23.0. The van der Waals surface area contributed by atoms with Crippen molar-refractivity contribution >= 4 is 34.5 Å². The van der Waals surface area contributed by atoms with Crippen molar-refractivity contribution < 1.29 is 13.9 Å². The van der Waals surface area contributed by atoms with Crippen LogP contribution >= 0.6 is 11.8 Å². The van der Waals surface area contributed by atoms with Gasteiger partial charge in [0.2, 0.25) is 0 Å². The van der Waals surface area contributed by atoms with Gasteiger partial charge in [-0.05, 0) is 5.75 Å². The van der Waals surface area contributed by atoms with Gasteiger partial charge in [0, 0.05) is 25.8 Å². The van der Waals surface area contributed by atoms with E-state index in [1.165, 1.54) is 0 Å². The molecule has 1 amide bonds. The molecule has 0 aliphatic rings. The van der Waals surface area contributed by atoms with E-state index >= 15 is 0 Å². The van der Waals surface area contributed by atoms with Crippen LogP contribution in [0.2, 0.25) is 0 Å². The Morgan fingerprint density at radius 3 is 2.82 bits per heavy atom. The second-order valence-corrected chi connectivity index (χ2v) is 8.20. The Kier molecular flexibility index (Phi) is 7.53. The van der Waals surface area contributed by atoms with Gasteiger partial charge in [-0.3, -0.25) is 4.79 Å². The predicted molar refractivity (Wildman–Crippen MR) is 126 cm³/mol.